The number of ketones is 1. The van der Waals surface area contributed by atoms with Crippen LogP contribution in [0.25, 0.3) is 22.0 Å². The highest BCUT2D eigenvalue weighted by atomic mass is 16.1. The Kier molecular flexibility index (Phi) is 3.97. The summed E-state index contributed by atoms with van der Waals surface area (Å²) in [6, 6.07) is 8.07. The van der Waals surface area contributed by atoms with Crippen molar-refractivity contribution in [1.29, 1.82) is 0 Å². The molecule has 6 heterocycles. The molecule has 27 heavy (non-hydrogen) atoms. The summed E-state index contributed by atoms with van der Waals surface area (Å²) >= 11 is 0. The molecular formula is C22H22N4O. The molecule has 5 nitrogen and oxygen atoms in total. The summed E-state index contributed by atoms with van der Waals surface area (Å²) in [5.74, 6) is 0.366. The molecule has 0 saturated carbocycles. The van der Waals surface area contributed by atoms with Gasteiger partial charge in [-0.1, -0.05) is 6.07 Å². The molecule has 0 amide bonds. The molecule has 3 saturated heterocycles. The van der Waals surface area contributed by atoms with Crippen LogP contribution < -0.4 is 0 Å². The largest absolute Gasteiger partial charge is 0.303 e. The molecule has 3 aliphatic heterocycles. The third kappa shape index (κ3) is 3.02. The van der Waals surface area contributed by atoms with E-state index in [1.165, 1.54) is 0 Å². The minimum absolute atomic E-state index is 0.110. The molecule has 3 aliphatic rings. The first kappa shape index (κ1) is 16.5. The molecule has 0 N–H and O–H groups in total. The number of hydrogen-bond acceptors (Lipinski definition) is 5. The average Bonchev–Trinajstić information content (AvgIpc) is 2.75. The first-order chi connectivity index (χ1) is 13.2. The van der Waals surface area contributed by atoms with Gasteiger partial charge in [-0.2, -0.15) is 0 Å². The number of nitrogens with zero attached hydrogens (tertiary/aromatic N) is 4. The number of carbonyl (C=O) groups is 1. The Balaban J connectivity index is 1.43. The number of Topliss-reactive ketones (excluding diaryl/α,β-unsaturated/α-hetero) is 1. The van der Waals surface area contributed by atoms with E-state index in [9.17, 15) is 4.79 Å². The van der Waals surface area contributed by atoms with E-state index in [1.807, 2.05) is 30.6 Å². The van der Waals surface area contributed by atoms with Crippen molar-refractivity contribution in [3.05, 3.63) is 54.7 Å². The van der Waals surface area contributed by atoms with Crippen LogP contribution in [0.1, 0.15) is 25.0 Å². The maximum atomic E-state index is 13.1. The van der Waals surface area contributed by atoms with E-state index in [0.29, 0.717) is 12.2 Å². The predicted molar refractivity (Wildman–Crippen MR) is 104 cm³/mol. The standard InChI is InChI=1S/C22H22N4O/c27-21(22-3-7-26(8-4-22)9-5-22)12-19-11-17-10-18(14-25-20(17)15-24-19)16-2-1-6-23-13-16/h1-2,6,10-11,13-15H,3-5,7-9,12H2. The third-order valence-electron chi connectivity index (χ3n) is 6.27. The molecule has 0 aromatic carbocycles. The summed E-state index contributed by atoms with van der Waals surface area (Å²) in [7, 11) is 0. The lowest BCUT2D eigenvalue weighted by Crippen LogP contribution is -2.52. The number of rotatable bonds is 4. The van der Waals surface area contributed by atoms with Gasteiger partial charge in [-0.25, -0.2) is 0 Å². The summed E-state index contributed by atoms with van der Waals surface area (Å²) < 4.78 is 0. The normalized spacial score (nSPS) is 24.2. The van der Waals surface area contributed by atoms with E-state index < -0.39 is 0 Å². The quantitative estimate of drug-likeness (QED) is 0.716. The monoisotopic (exact) mass is 358 g/mol. The Bertz CT molecular complexity index is 980. The minimum Gasteiger partial charge on any atom is -0.303 e. The van der Waals surface area contributed by atoms with E-state index in [0.717, 1.165) is 66.6 Å². The fraction of sp³-hybridized carbons (Fsp3) is 0.364. The second-order valence-corrected chi connectivity index (χ2v) is 7.81. The smallest absolute Gasteiger partial charge is 0.145 e. The van der Waals surface area contributed by atoms with Gasteiger partial charge in [0.15, 0.2) is 0 Å². The van der Waals surface area contributed by atoms with Crippen LogP contribution in [0.15, 0.2) is 49.1 Å². The fourth-order valence-electron chi connectivity index (χ4n) is 4.46. The highest BCUT2D eigenvalue weighted by molar-refractivity contribution is 5.88. The SMILES string of the molecule is O=C(Cc1cc2cc(-c3cccnc3)cnc2cn1)C12CCN(CC1)CC2. The highest BCUT2D eigenvalue weighted by Gasteiger charge is 2.44. The number of pyridine rings is 3. The zero-order valence-electron chi connectivity index (χ0n) is 15.3. The first-order valence-electron chi connectivity index (χ1n) is 9.63. The van der Waals surface area contributed by atoms with Crippen molar-refractivity contribution >= 4 is 16.7 Å². The molecule has 0 unspecified atom stereocenters. The lowest BCUT2D eigenvalue weighted by Gasteiger charge is -2.47. The second-order valence-electron chi connectivity index (χ2n) is 7.81. The van der Waals surface area contributed by atoms with Gasteiger partial charge in [-0.05, 0) is 57.1 Å². The lowest BCUT2D eigenvalue weighted by molar-refractivity contribution is -0.135. The van der Waals surface area contributed by atoms with E-state index >= 15 is 0 Å². The number of carbonyl (C=O) groups excluding carboxylic acids is 1. The zero-order chi connectivity index (χ0) is 18.3. The van der Waals surface area contributed by atoms with E-state index in [4.69, 9.17) is 0 Å². The maximum Gasteiger partial charge on any atom is 0.145 e. The summed E-state index contributed by atoms with van der Waals surface area (Å²) in [5, 5.41) is 1.02. The van der Waals surface area contributed by atoms with Gasteiger partial charge in [0.05, 0.1) is 11.7 Å². The number of aromatic nitrogens is 3. The van der Waals surface area contributed by atoms with Crippen molar-refractivity contribution in [3.8, 4) is 11.1 Å². The van der Waals surface area contributed by atoms with Gasteiger partial charge in [0.25, 0.3) is 0 Å². The van der Waals surface area contributed by atoms with Crippen LogP contribution >= 0.6 is 0 Å². The molecular weight excluding hydrogens is 336 g/mol. The molecule has 6 rings (SSSR count). The Labute approximate surface area is 158 Å². The summed E-state index contributed by atoms with van der Waals surface area (Å²) in [4.78, 5) is 28.8. The third-order valence-corrected chi connectivity index (χ3v) is 6.27. The van der Waals surface area contributed by atoms with E-state index in [-0.39, 0.29) is 5.41 Å². The van der Waals surface area contributed by atoms with Crippen molar-refractivity contribution in [2.45, 2.75) is 25.7 Å². The van der Waals surface area contributed by atoms with Crippen molar-refractivity contribution in [2.24, 2.45) is 5.41 Å². The molecule has 0 aliphatic carbocycles. The van der Waals surface area contributed by atoms with Gasteiger partial charge < -0.3 is 4.90 Å². The minimum atomic E-state index is -0.110. The molecule has 2 bridgehead atoms. The highest BCUT2D eigenvalue weighted by Crippen LogP contribution is 2.41. The Morgan fingerprint density at radius 3 is 2.56 bits per heavy atom. The van der Waals surface area contributed by atoms with Crippen LogP contribution in [0.5, 0.6) is 0 Å². The van der Waals surface area contributed by atoms with Crippen LogP contribution in [0.4, 0.5) is 0 Å². The van der Waals surface area contributed by atoms with E-state index in [1.54, 1.807) is 12.4 Å². The summed E-state index contributed by atoms with van der Waals surface area (Å²) in [6.07, 6.45) is 10.7. The molecule has 0 atom stereocenters. The zero-order valence-corrected chi connectivity index (χ0v) is 15.3. The van der Waals surface area contributed by atoms with Gasteiger partial charge in [-0.15, -0.1) is 0 Å². The Morgan fingerprint density at radius 1 is 1.00 bits per heavy atom. The van der Waals surface area contributed by atoms with Crippen molar-refractivity contribution in [1.82, 2.24) is 19.9 Å². The topological polar surface area (TPSA) is 59.0 Å². The molecule has 0 radical (unpaired) electrons. The second kappa shape index (κ2) is 6.50. The Hall–Kier alpha value is -2.66. The number of fused-ring (bicyclic) bond motifs is 4. The van der Waals surface area contributed by atoms with Crippen LogP contribution in [-0.4, -0.2) is 45.3 Å². The van der Waals surface area contributed by atoms with Gasteiger partial charge in [0, 0.05) is 52.6 Å². The van der Waals surface area contributed by atoms with Crippen LogP contribution in [0.2, 0.25) is 0 Å². The lowest BCUT2D eigenvalue weighted by atomic mass is 9.68. The van der Waals surface area contributed by atoms with Crippen LogP contribution in [0, 0.1) is 5.41 Å². The maximum absolute atomic E-state index is 13.1. The molecule has 136 valence electrons. The van der Waals surface area contributed by atoms with E-state index in [2.05, 4.69) is 25.9 Å². The number of piperidine rings is 3. The van der Waals surface area contributed by atoms with Crippen molar-refractivity contribution < 1.29 is 4.79 Å². The molecule has 3 aromatic heterocycles. The van der Waals surface area contributed by atoms with Crippen molar-refractivity contribution in [2.75, 3.05) is 19.6 Å². The van der Waals surface area contributed by atoms with Crippen LogP contribution in [0.3, 0.4) is 0 Å². The Morgan fingerprint density at radius 2 is 1.81 bits per heavy atom. The van der Waals surface area contributed by atoms with Crippen molar-refractivity contribution in [3.63, 3.8) is 0 Å². The summed E-state index contributed by atoms with van der Waals surface area (Å²) in [5.41, 5.74) is 3.65. The average molecular weight is 358 g/mol. The number of hydrogen-bond donors (Lipinski definition) is 0. The molecule has 3 fully saturated rings. The molecule has 0 spiro atoms. The van der Waals surface area contributed by atoms with Crippen LogP contribution in [-0.2, 0) is 11.2 Å². The fourth-order valence-corrected chi connectivity index (χ4v) is 4.46. The van der Waals surface area contributed by atoms with Gasteiger partial charge in [0.1, 0.15) is 5.78 Å². The molecule has 3 aromatic rings. The van der Waals surface area contributed by atoms with Gasteiger partial charge in [0.2, 0.25) is 0 Å². The first-order valence-corrected chi connectivity index (χ1v) is 9.63. The van der Waals surface area contributed by atoms with Gasteiger partial charge >= 0.3 is 0 Å². The van der Waals surface area contributed by atoms with Gasteiger partial charge in [-0.3, -0.25) is 19.7 Å². The summed E-state index contributed by atoms with van der Waals surface area (Å²) in [6.45, 7) is 3.19. The molecule has 5 heteroatoms. The predicted octanol–water partition coefficient (Wildman–Crippen LogP) is 3.29.